The SMILES string of the molecule is CCCCCCCCCCCCCCCCCCCC(=O)O[C@H](COC(=O)CCC/C=C/C[C@@H]1[C@@H](/C=C/[C@@H](O)CCCCC)[C@H](O)C[C@@H]1O)COP(=O)(O)O. The lowest BCUT2D eigenvalue weighted by Crippen LogP contribution is -2.29. The van der Waals surface area contributed by atoms with Gasteiger partial charge in [0, 0.05) is 25.2 Å². The molecule has 1 aliphatic rings. The molecule has 12 heteroatoms. The summed E-state index contributed by atoms with van der Waals surface area (Å²) in [5.74, 6) is -1.47. The van der Waals surface area contributed by atoms with Gasteiger partial charge in [-0.1, -0.05) is 160 Å². The van der Waals surface area contributed by atoms with Crippen LogP contribution in [0, 0.1) is 11.8 Å². The van der Waals surface area contributed by atoms with E-state index in [1.54, 1.807) is 6.08 Å². The van der Waals surface area contributed by atoms with Crippen LogP contribution >= 0.6 is 7.82 Å². The van der Waals surface area contributed by atoms with Crippen molar-refractivity contribution in [3.8, 4) is 0 Å². The molecule has 0 aromatic rings. The molecule has 0 bridgehead atoms. The zero-order valence-corrected chi connectivity index (χ0v) is 35.3. The summed E-state index contributed by atoms with van der Waals surface area (Å²) in [5, 5.41) is 31.2. The van der Waals surface area contributed by atoms with Gasteiger partial charge in [0.2, 0.25) is 0 Å². The van der Waals surface area contributed by atoms with Gasteiger partial charge in [-0.05, 0) is 38.0 Å². The van der Waals surface area contributed by atoms with Crippen molar-refractivity contribution in [1.82, 2.24) is 0 Å². The van der Waals surface area contributed by atoms with Crippen molar-refractivity contribution in [3.63, 3.8) is 0 Å². The second-order valence-corrected chi connectivity index (χ2v) is 16.9. The molecule has 0 amide bonds. The lowest BCUT2D eigenvalue weighted by atomic mass is 9.89. The molecular weight excluding hydrogens is 723 g/mol. The molecule has 0 aromatic carbocycles. The van der Waals surface area contributed by atoms with Crippen molar-refractivity contribution >= 4 is 19.8 Å². The van der Waals surface area contributed by atoms with Gasteiger partial charge >= 0.3 is 19.8 Å². The van der Waals surface area contributed by atoms with Crippen LogP contribution in [-0.4, -0.2) is 74.7 Å². The minimum absolute atomic E-state index is 0.0929. The van der Waals surface area contributed by atoms with Crippen LogP contribution in [0.2, 0.25) is 0 Å². The molecular formula is C43H79O11P. The summed E-state index contributed by atoms with van der Waals surface area (Å²) in [6.07, 6.45) is 31.4. The van der Waals surface area contributed by atoms with E-state index in [9.17, 15) is 29.5 Å². The molecule has 322 valence electrons. The van der Waals surface area contributed by atoms with Crippen molar-refractivity contribution in [2.75, 3.05) is 13.2 Å². The second kappa shape index (κ2) is 33.4. The number of carbonyl (C=O) groups excluding carboxylic acids is 2. The lowest BCUT2D eigenvalue weighted by molar-refractivity contribution is -0.161. The van der Waals surface area contributed by atoms with Gasteiger partial charge in [0.1, 0.15) is 6.61 Å². The number of carbonyl (C=O) groups is 2. The van der Waals surface area contributed by atoms with E-state index in [0.29, 0.717) is 38.5 Å². The Morgan fingerprint density at radius 3 is 1.78 bits per heavy atom. The third-order valence-corrected chi connectivity index (χ3v) is 11.0. The summed E-state index contributed by atoms with van der Waals surface area (Å²) < 4.78 is 26.4. The van der Waals surface area contributed by atoms with E-state index in [1.165, 1.54) is 83.5 Å². The van der Waals surface area contributed by atoms with Gasteiger partial charge in [-0.2, -0.15) is 0 Å². The topological polar surface area (TPSA) is 180 Å². The highest BCUT2D eigenvalue weighted by Crippen LogP contribution is 2.37. The highest BCUT2D eigenvalue weighted by atomic mass is 31.2. The van der Waals surface area contributed by atoms with Gasteiger partial charge in [0.15, 0.2) is 6.10 Å². The summed E-state index contributed by atoms with van der Waals surface area (Å²) in [6, 6.07) is 0. The van der Waals surface area contributed by atoms with E-state index in [4.69, 9.17) is 19.3 Å². The molecule has 1 rings (SSSR count). The van der Waals surface area contributed by atoms with Crippen molar-refractivity contribution in [3.05, 3.63) is 24.3 Å². The maximum atomic E-state index is 12.5. The maximum absolute atomic E-state index is 12.5. The molecule has 5 N–H and O–H groups in total. The molecule has 0 heterocycles. The number of unbranched alkanes of at least 4 members (excludes halogenated alkanes) is 19. The zero-order valence-electron chi connectivity index (χ0n) is 34.4. The first kappa shape index (κ1) is 51.4. The van der Waals surface area contributed by atoms with Gasteiger partial charge in [0.05, 0.1) is 24.9 Å². The molecule has 55 heavy (non-hydrogen) atoms. The van der Waals surface area contributed by atoms with E-state index in [1.807, 2.05) is 18.2 Å². The fourth-order valence-corrected chi connectivity index (χ4v) is 7.55. The van der Waals surface area contributed by atoms with Crippen LogP contribution < -0.4 is 0 Å². The molecule has 1 aliphatic carbocycles. The Hall–Kier alpha value is -1.59. The maximum Gasteiger partial charge on any atom is 0.469 e. The predicted octanol–water partition coefficient (Wildman–Crippen LogP) is 9.56. The van der Waals surface area contributed by atoms with Crippen molar-refractivity contribution < 1.29 is 53.3 Å². The van der Waals surface area contributed by atoms with Crippen LogP contribution in [0.5, 0.6) is 0 Å². The minimum Gasteiger partial charge on any atom is -0.462 e. The van der Waals surface area contributed by atoms with Gasteiger partial charge < -0.3 is 34.6 Å². The fourth-order valence-electron chi connectivity index (χ4n) is 7.19. The largest absolute Gasteiger partial charge is 0.469 e. The minimum atomic E-state index is -4.81. The summed E-state index contributed by atoms with van der Waals surface area (Å²) in [6.45, 7) is 3.40. The van der Waals surface area contributed by atoms with Gasteiger partial charge in [-0.3, -0.25) is 14.1 Å². The Balaban J connectivity index is 2.26. The Labute approximate surface area is 333 Å². The molecule has 1 fully saturated rings. The fraction of sp³-hybridized carbons (Fsp3) is 0.860. The summed E-state index contributed by atoms with van der Waals surface area (Å²) in [7, 11) is -4.81. The molecule has 1 saturated carbocycles. The predicted molar refractivity (Wildman–Crippen MR) is 218 cm³/mol. The van der Waals surface area contributed by atoms with E-state index >= 15 is 0 Å². The number of aliphatic hydroxyl groups excluding tert-OH is 3. The molecule has 0 unspecified atom stereocenters. The number of hydrogen-bond donors (Lipinski definition) is 5. The number of phosphoric ester groups is 1. The van der Waals surface area contributed by atoms with E-state index in [0.717, 1.165) is 38.5 Å². The van der Waals surface area contributed by atoms with E-state index in [2.05, 4.69) is 18.4 Å². The van der Waals surface area contributed by atoms with Gasteiger partial charge in [-0.15, -0.1) is 0 Å². The van der Waals surface area contributed by atoms with Crippen LogP contribution in [0.25, 0.3) is 0 Å². The molecule has 0 radical (unpaired) electrons. The molecule has 6 atom stereocenters. The number of aliphatic hydroxyl groups is 3. The number of esters is 2. The Morgan fingerprint density at radius 2 is 1.22 bits per heavy atom. The first-order valence-electron chi connectivity index (χ1n) is 21.9. The Kier molecular flexibility index (Phi) is 31.2. The summed E-state index contributed by atoms with van der Waals surface area (Å²) in [5.41, 5.74) is 0. The first-order chi connectivity index (χ1) is 26.5. The highest BCUT2D eigenvalue weighted by Gasteiger charge is 2.39. The third kappa shape index (κ3) is 29.3. The molecule has 0 aliphatic heterocycles. The molecule has 0 spiro atoms. The molecule has 0 aromatic heterocycles. The van der Waals surface area contributed by atoms with Crippen molar-refractivity contribution in [2.45, 2.75) is 212 Å². The van der Waals surface area contributed by atoms with Crippen molar-refractivity contribution in [2.24, 2.45) is 11.8 Å². The number of allylic oxidation sites excluding steroid dienone is 2. The molecule has 11 nitrogen and oxygen atoms in total. The van der Waals surface area contributed by atoms with E-state index in [-0.39, 0.29) is 31.3 Å². The zero-order chi connectivity index (χ0) is 40.6. The number of ether oxygens (including phenoxy) is 2. The van der Waals surface area contributed by atoms with Crippen LogP contribution in [-0.2, 0) is 28.2 Å². The highest BCUT2D eigenvalue weighted by molar-refractivity contribution is 7.46. The smallest absolute Gasteiger partial charge is 0.462 e. The summed E-state index contributed by atoms with van der Waals surface area (Å²) in [4.78, 5) is 43.1. The lowest BCUT2D eigenvalue weighted by Gasteiger charge is -2.19. The standard InChI is InChI=1S/C43H79O11P/c1-3-5-7-8-9-10-11-12-13-14-15-16-17-18-19-20-26-30-43(48)54-37(35-53-55(49,50)51)34-52-42(47)29-25-22-21-24-28-38-39(41(46)33-40(38)45)32-31-36(44)27-23-6-4-2/h21,24,31-32,36-41,44-46H,3-20,22-23,25-30,33-35H2,1-2H3,(H2,49,50,51)/b24-21+,32-31+/t36-,37+,38+,39+,40-,41+/m0/s1. The normalized spacial score (nSPS) is 20.1. The first-order valence-corrected chi connectivity index (χ1v) is 23.4. The second-order valence-electron chi connectivity index (χ2n) is 15.6. The summed E-state index contributed by atoms with van der Waals surface area (Å²) >= 11 is 0. The average Bonchev–Trinajstić information content (AvgIpc) is 3.41. The third-order valence-electron chi connectivity index (χ3n) is 10.5. The monoisotopic (exact) mass is 803 g/mol. The van der Waals surface area contributed by atoms with Crippen LogP contribution in [0.3, 0.4) is 0 Å². The average molecular weight is 803 g/mol. The van der Waals surface area contributed by atoms with Crippen molar-refractivity contribution in [1.29, 1.82) is 0 Å². The van der Waals surface area contributed by atoms with Crippen LogP contribution in [0.1, 0.15) is 187 Å². The quantitative estimate of drug-likeness (QED) is 0.0176. The molecule has 0 saturated heterocycles. The van der Waals surface area contributed by atoms with Gasteiger partial charge in [0.25, 0.3) is 0 Å². The number of rotatable bonds is 36. The number of phosphoric acid groups is 1. The Bertz CT molecular complexity index is 1060. The van der Waals surface area contributed by atoms with Crippen LogP contribution in [0.15, 0.2) is 24.3 Å². The van der Waals surface area contributed by atoms with Gasteiger partial charge in [-0.25, -0.2) is 4.57 Å². The number of hydrogen-bond acceptors (Lipinski definition) is 9. The van der Waals surface area contributed by atoms with E-state index < -0.39 is 50.8 Å². The Morgan fingerprint density at radius 1 is 0.691 bits per heavy atom. The van der Waals surface area contributed by atoms with Crippen LogP contribution in [0.4, 0.5) is 0 Å².